The van der Waals surface area contributed by atoms with Crippen LogP contribution in [0.2, 0.25) is 0 Å². The predicted octanol–water partition coefficient (Wildman–Crippen LogP) is 4.82. The van der Waals surface area contributed by atoms with Gasteiger partial charge in [0.15, 0.2) is 17.3 Å². The van der Waals surface area contributed by atoms with Gasteiger partial charge in [0.25, 0.3) is 0 Å². The van der Waals surface area contributed by atoms with Crippen LogP contribution in [0.3, 0.4) is 0 Å². The monoisotopic (exact) mass is 386 g/mol. The molecule has 0 saturated heterocycles. The Morgan fingerprint density at radius 3 is 2.72 bits per heavy atom. The van der Waals surface area contributed by atoms with Crippen molar-refractivity contribution >= 4 is 22.4 Å². The number of allylic oxidation sites excluding steroid dienone is 2. The number of ketones is 1. The molecule has 0 radical (unpaired) electrons. The lowest BCUT2D eigenvalue weighted by atomic mass is 9.75. The number of ether oxygens (including phenoxy) is 2. The Hall–Kier alpha value is -3.34. The van der Waals surface area contributed by atoms with Gasteiger partial charge in [-0.2, -0.15) is 0 Å². The minimum atomic E-state index is -0.140. The van der Waals surface area contributed by atoms with Crippen LogP contribution in [0.1, 0.15) is 36.3 Å². The number of hydrogen-bond donors (Lipinski definition) is 1. The van der Waals surface area contributed by atoms with Crippen LogP contribution in [-0.2, 0) is 4.79 Å². The summed E-state index contributed by atoms with van der Waals surface area (Å²) in [6.07, 6.45) is 4.15. The smallest absolute Gasteiger partial charge is 0.161 e. The van der Waals surface area contributed by atoms with Crippen LogP contribution in [0.25, 0.3) is 10.9 Å². The summed E-state index contributed by atoms with van der Waals surface area (Å²) in [4.78, 5) is 17.5. The second-order valence-electron chi connectivity index (χ2n) is 7.44. The predicted molar refractivity (Wildman–Crippen MR) is 113 cm³/mol. The average Bonchev–Trinajstić information content (AvgIpc) is 2.77. The van der Waals surface area contributed by atoms with Crippen LogP contribution in [0.15, 0.2) is 59.9 Å². The van der Waals surface area contributed by atoms with E-state index in [-0.39, 0.29) is 11.7 Å². The number of nitrogens with one attached hydrogen (secondary N) is 1. The molecule has 5 nitrogen and oxygen atoms in total. The first-order valence-corrected chi connectivity index (χ1v) is 9.84. The van der Waals surface area contributed by atoms with Crippen LogP contribution >= 0.6 is 0 Å². The zero-order valence-corrected chi connectivity index (χ0v) is 16.5. The standard InChI is InChI=1S/C24H22N2O3/c1-28-20-11-8-14(13-21(20)29-2)22-16-9-10-17-15(5-4-12-25-17)24(16)26-18-6-3-7-19(27)23(18)22/h4-5,8-13,22,26H,3,6-7H2,1-2H3. The summed E-state index contributed by atoms with van der Waals surface area (Å²) in [5.41, 5.74) is 6.01. The minimum Gasteiger partial charge on any atom is -0.493 e. The third-order valence-electron chi connectivity index (χ3n) is 5.89. The number of rotatable bonds is 3. The van der Waals surface area contributed by atoms with Crippen LogP contribution in [0, 0.1) is 0 Å². The van der Waals surface area contributed by atoms with E-state index in [1.54, 1.807) is 20.4 Å². The van der Waals surface area contributed by atoms with E-state index in [0.717, 1.165) is 51.8 Å². The van der Waals surface area contributed by atoms with Crippen LogP contribution in [0.4, 0.5) is 5.69 Å². The Morgan fingerprint density at radius 1 is 1.03 bits per heavy atom. The molecule has 0 amide bonds. The van der Waals surface area contributed by atoms with Gasteiger partial charge in [0.2, 0.25) is 0 Å². The molecule has 5 rings (SSSR count). The van der Waals surface area contributed by atoms with E-state index < -0.39 is 0 Å². The molecule has 1 N–H and O–H groups in total. The second-order valence-corrected chi connectivity index (χ2v) is 7.44. The molecule has 0 saturated carbocycles. The van der Waals surface area contributed by atoms with Crippen molar-refractivity contribution in [1.82, 2.24) is 4.98 Å². The van der Waals surface area contributed by atoms with Gasteiger partial charge in [-0.15, -0.1) is 0 Å². The van der Waals surface area contributed by atoms with E-state index in [1.807, 2.05) is 30.3 Å². The maximum absolute atomic E-state index is 13.0. The second kappa shape index (κ2) is 6.92. The molecule has 146 valence electrons. The summed E-state index contributed by atoms with van der Waals surface area (Å²) in [5, 5.41) is 4.66. The Balaban J connectivity index is 1.77. The number of fused-ring (bicyclic) bond motifs is 3. The van der Waals surface area contributed by atoms with Crippen molar-refractivity contribution in [2.75, 3.05) is 19.5 Å². The topological polar surface area (TPSA) is 60.5 Å². The molecule has 5 heteroatoms. The van der Waals surface area contributed by atoms with Crippen molar-refractivity contribution in [3.63, 3.8) is 0 Å². The highest BCUT2D eigenvalue weighted by Crippen LogP contribution is 2.48. The van der Waals surface area contributed by atoms with Crippen molar-refractivity contribution in [3.05, 3.63) is 71.1 Å². The van der Waals surface area contributed by atoms with Gasteiger partial charge in [-0.3, -0.25) is 9.78 Å². The zero-order chi connectivity index (χ0) is 20.0. The van der Waals surface area contributed by atoms with E-state index in [0.29, 0.717) is 17.9 Å². The summed E-state index contributed by atoms with van der Waals surface area (Å²) in [5.74, 6) is 1.42. The zero-order valence-electron chi connectivity index (χ0n) is 16.5. The molecule has 29 heavy (non-hydrogen) atoms. The lowest BCUT2D eigenvalue weighted by Crippen LogP contribution is -2.27. The molecule has 1 aromatic heterocycles. The molecule has 0 fully saturated rings. The molecular weight excluding hydrogens is 364 g/mol. The first-order chi connectivity index (χ1) is 14.2. The first kappa shape index (κ1) is 17.7. The number of benzene rings is 2. The summed E-state index contributed by atoms with van der Waals surface area (Å²) in [6.45, 7) is 0. The lowest BCUT2D eigenvalue weighted by molar-refractivity contribution is -0.116. The van der Waals surface area contributed by atoms with Gasteiger partial charge in [-0.1, -0.05) is 12.1 Å². The lowest BCUT2D eigenvalue weighted by Gasteiger charge is -2.34. The van der Waals surface area contributed by atoms with Gasteiger partial charge in [-0.05, 0) is 54.3 Å². The summed E-state index contributed by atoms with van der Waals surface area (Å²) < 4.78 is 10.9. The third kappa shape index (κ3) is 2.77. The van der Waals surface area contributed by atoms with Crippen molar-refractivity contribution < 1.29 is 14.3 Å². The molecule has 1 unspecified atom stereocenters. The van der Waals surface area contributed by atoms with E-state index in [2.05, 4.69) is 22.4 Å². The SMILES string of the molecule is COc1ccc(C2C3=C(CCCC3=O)Nc3c2ccc2ncccc32)cc1OC. The van der Waals surface area contributed by atoms with Crippen molar-refractivity contribution in [2.45, 2.75) is 25.2 Å². The largest absolute Gasteiger partial charge is 0.493 e. The van der Waals surface area contributed by atoms with Gasteiger partial charge < -0.3 is 14.8 Å². The number of hydrogen-bond acceptors (Lipinski definition) is 5. The van der Waals surface area contributed by atoms with Gasteiger partial charge >= 0.3 is 0 Å². The first-order valence-electron chi connectivity index (χ1n) is 9.84. The summed E-state index contributed by atoms with van der Waals surface area (Å²) in [7, 11) is 3.26. The molecule has 2 aliphatic rings. The fourth-order valence-corrected chi connectivity index (χ4v) is 4.56. The number of carbonyl (C=O) groups excluding carboxylic acids is 1. The number of Topliss-reactive ketones (excluding diaryl/α,β-unsaturated/α-hetero) is 1. The molecule has 2 heterocycles. The number of pyridine rings is 1. The van der Waals surface area contributed by atoms with Crippen molar-refractivity contribution in [2.24, 2.45) is 0 Å². The number of anilines is 1. The van der Waals surface area contributed by atoms with Crippen LogP contribution < -0.4 is 14.8 Å². The van der Waals surface area contributed by atoms with Gasteiger partial charge in [0, 0.05) is 35.2 Å². The van der Waals surface area contributed by atoms with E-state index in [9.17, 15) is 4.79 Å². The maximum atomic E-state index is 13.0. The van der Waals surface area contributed by atoms with Crippen molar-refractivity contribution in [1.29, 1.82) is 0 Å². The fraction of sp³-hybridized carbons (Fsp3) is 0.250. The van der Waals surface area contributed by atoms with E-state index >= 15 is 0 Å². The highest BCUT2D eigenvalue weighted by Gasteiger charge is 2.36. The molecule has 0 bridgehead atoms. The summed E-state index contributed by atoms with van der Waals surface area (Å²) in [6, 6.07) is 14.1. The molecule has 0 spiro atoms. The molecule has 1 aliphatic heterocycles. The minimum absolute atomic E-state index is 0.140. The number of aromatic nitrogens is 1. The highest BCUT2D eigenvalue weighted by molar-refractivity contribution is 6.04. The molecular formula is C24H22N2O3. The van der Waals surface area contributed by atoms with Gasteiger partial charge in [0.1, 0.15) is 0 Å². The Morgan fingerprint density at radius 2 is 1.90 bits per heavy atom. The quantitative estimate of drug-likeness (QED) is 0.700. The molecule has 2 aromatic carbocycles. The Bertz CT molecular complexity index is 1170. The average molecular weight is 386 g/mol. The third-order valence-corrected chi connectivity index (χ3v) is 5.89. The molecule has 1 atom stereocenters. The fourth-order valence-electron chi connectivity index (χ4n) is 4.56. The number of methoxy groups -OCH3 is 2. The normalized spacial score (nSPS) is 18.1. The number of nitrogens with zero attached hydrogens (tertiary/aromatic N) is 1. The maximum Gasteiger partial charge on any atom is 0.161 e. The van der Waals surface area contributed by atoms with E-state index in [4.69, 9.17) is 9.47 Å². The van der Waals surface area contributed by atoms with E-state index in [1.165, 1.54) is 0 Å². The van der Waals surface area contributed by atoms with Crippen molar-refractivity contribution in [3.8, 4) is 11.5 Å². The molecule has 3 aromatic rings. The number of carbonyl (C=O) groups is 1. The highest BCUT2D eigenvalue weighted by atomic mass is 16.5. The van der Waals surface area contributed by atoms with Crippen LogP contribution in [-0.4, -0.2) is 25.0 Å². The van der Waals surface area contributed by atoms with Crippen LogP contribution in [0.5, 0.6) is 11.5 Å². The van der Waals surface area contributed by atoms with Gasteiger partial charge in [0.05, 0.1) is 25.4 Å². The summed E-state index contributed by atoms with van der Waals surface area (Å²) >= 11 is 0. The Labute approximate surface area is 169 Å². The molecule has 1 aliphatic carbocycles. The Kier molecular flexibility index (Phi) is 4.23. The van der Waals surface area contributed by atoms with Gasteiger partial charge in [-0.25, -0.2) is 0 Å².